The normalized spacial score (nSPS) is 51.0. The van der Waals surface area contributed by atoms with Gasteiger partial charge in [-0.3, -0.25) is 0 Å². The smallest absolute Gasteiger partial charge is 0.184 e. The highest BCUT2D eigenvalue weighted by Crippen LogP contribution is 2.65. The summed E-state index contributed by atoms with van der Waals surface area (Å²) in [7, 11) is -1.50. The lowest BCUT2D eigenvalue weighted by Gasteiger charge is -2.46. The molecule has 0 aliphatic heterocycles. The molecule has 3 rings (SSSR count). The van der Waals surface area contributed by atoms with E-state index >= 15 is 0 Å². The van der Waals surface area contributed by atoms with Crippen LogP contribution in [0.2, 0.25) is 19.6 Å². The summed E-state index contributed by atoms with van der Waals surface area (Å²) in [5.41, 5.74) is -0.279. The molecule has 4 atom stereocenters. The zero-order chi connectivity index (χ0) is 11.6. The van der Waals surface area contributed by atoms with Gasteiger partial charge in [-0.25, -0.2) is 0 Å². The van der Waals surface area contributed by atoms with Gasteiger partial charge in [-0.1, -0.05) is 0 Å². The molecule has 1 N–H and O–H groups in total. The van der Waals surface area contributed by atoms with Crippen molar-refractivity contribution < 1.29 is 9.53 Å². The molecule has 3 heteroatoms. The van der Waals surface area contributed by atoms with E-state index in [1.807, 2.05) is 0 Å². The summed E-state index contributed by atoms with van der Waals surface area (Å²) < 4.78 is 6.59. The van der Waals surface area contributed by atoms with Crippen molar-refractivity contribution in [2.24, 2.45) is 11.8 Å². The molecule has 92 valence electrons. The van der Waals surface area contributed by atoms with Gasteiger partial charge in [0.05, 0.1) is 11.2 Å². The third kappa shape index (κ3) is 1.37. The van der Waals surface area contributed by atoms with Crippen LogP contribution in [0.15, 0.2) is 0 Å². The highest BCUT2D eigenvalue weighted by molar-refractivity contribution is 6.69. The molecule has 0 spiro atoms. The van der Waals surface area contributed by atoms with Gasteiger partial charge in [-0.05, 0) is 64.1 Å². The van der Waals surface area contributed by atoms with Crippen molar-refractivity contribution in [3.8, 4) is 0 Å². The molecule has 0 saturated heterocycles. The van der Waals surface area contributed by atoms with Crippen molar-refractivity contribution in [2.45, 2.75) is 69.4 Å². The standard InChI is InChI=1S/C13H24O2Si/c1-16(2,3)15-13-8-4-7-12(14)9-10(13)5-6-11(12)13/h10-11,14H,4-9H2,1-3H3/t10-,11+,12+,13-/m1/s1. The average molecular weight is 240 g/mol. The highest BCUT2D eigenvalue weighted by Gasteiger charge is 2.67. The molecule has 16 heavy (non-hydrogen) atoms. The molecule has 2 nitrogen and oxygen atoms in total. The lowest BCUT2D eigenvalue weighted by atomic mass is 9.73. The first kappa shape index (κ1) is 11.2. The first-order valence-corrected chi connectivity index (χ1v) is 10.2. The fourth-order valence-electron chi connectivity index (χ4n) is 4.81. The predicted molar refractivity (Wildman–Crippen MR) is 66.8 cm³/mol. The molecule has 4 bridgehead atoms. The Kier molecular flexibility index (Phi) is 2.19. The number of hydrogen-bond acceptors (Lipinski definition) is 2. The second kappa shape index (κ2) is 3.12. The Morgan fingerprint density at radius 2 is 1.94 bits per heavy atom. The third-order valence-corrected chi connectivity index (χ3v) is 6.00. The van der Waals surface area contributed by atoms with Crippen molar-refractivity contribution in [3.05, 3.63) is 0 Å². The zero-order valence-corrected chi connectivity index (χ0v) is 11.8. The maximum Gasteiger partial charge on any atom is 0.184 e. The molecule has 0 heterocycles. The zero-order valence-electron chi connectivity index (χ0n) is 10.8. The minimum Gasteiger partial charge on any atom is -0.411 e. The van der Waals surface area contributed by atoms with Crippen molar-refractivity contribution >= 4 is 8.32 Å². The van der Waals surface area contributed by atoms with Gasteiger partial charge in [0.1, 0.15) is 0 Å². The van der Waals surface area contributed by atoms with E-state index in [2.05, 4.69) is 19.6 Å². The fourth-order valence-corrected chi connectivity index (χ4v) is 6.36. The lowest BCUT2D eigenvalue weighted by Crippen LogP contribution is -2.52. The van der Waals surface area contributed by atoms with E-state index in [1.54, 1.807) is 0 Å². The van der Waals surface area contributed by atoms with Gasteiger partial charge in [-0.15, -0.1) is 0 Å². The molecular weight excluding hydrogens is 216 g/mol. The second-order valence-electron chi connectivity index (χ2n) is 7.16. The quantitative estimate of drug-likeness (QED) is 0.752. The summed E-state index contributed by atoms with van der Waals surface area (Å²) in [6.45, 7) is 6.85. The summed E-state index contributed by atoms with van der Waals surface area (Å²) >= 11 is 0. The summed E-state index contributed by atoms with van der Waals surface area (Å²) in [5.74, 6) is 1.10. The Bertz CT molecular complexity index is 312. The Balaban J connectivity index is 1.95. The van der Waals surface area contributed by atoms with E-state index in [0.29, 0.717) is 11.8 Å². The Morgan fingerprint density at radius 1 is 1.19 bits per heavy atom. The maximum atomic E-state index is 10.7. The molecule has 3 aliphatic carbocycles. The summed E-state index contributed by atoms with van der Waals surface area (Å²) in [4.78, 5) is 0. The summed E-state index contributed by atoms with van der Waals surface area (Å²) in [6, 6.07) is 0. The number of hydrogen-bond donors (Lipinski definition) is 1. The molecular formula is C13H24O2Si. The molecule has 3 fully saturated rings. The van der Waals surface area contributed by atoms with E-state index < -0.39 is 8.32 Å². The van der Waals surface area contributed by atoms with Gasteiger partial charge in [0, 0.05) is 5.92 Å². The van der Waals surface area contributed by atoms with Crippen LogP contribution < -0.4 is 0 Å². The van der Waals surface area contributed by atoms with Gasteiger partial charge < -0.3 is 9.53 Å². The van der Waals surface area contributed by atoms with Crippen molar-refractivity contribution in [2.75, 3.05) is 0 Å². The first-order valence-electron chi connectivity index (χ1n) is 6.78. The average Bonchev–Trinajstić information content (AvgIpc) is 2.48. The molecule has 0 unspecified atom stereocenters. The fraction of sp³-hybridized carbons (Fsp3) is 1.00. The van der Waals surface area contributed by atoms with Crippen molar-refractivity contribution in [1.29, 1.82) is 0 Å². The minimum absolute atomic E-state index is 0.0808. The van der Waals surface area contributed by atoms with E-state index in [4.69, 9.17) is 4.43 Å². The van der Waals surface area contributed by atoms with Gasteiger partial charge in [0.15, 0.2) is 8.32 Å². The molecule has 0 amide bonds. The molecule has 3 aliphatic rings. The van der Waals surface area contributed by atoms with Crippen LogP contribution in [-0.4, -0.2) is 24.6 Å². The minimum atomic E-state index is -1.50. The van der Waals surface area contributed by atoms with Gasteiger partial charge >= 0.3 is 0 Å². The van der Waals surface area contributed by atoms with Crippen LogP contribution in [0, 0.1) is 11.8 Å². The summed E-state index contributed by atoms with van der Waals surface area (Å²) in [6.07, 6.45) is 6.89. The van der Waals surface area contributed by atoms with Crippen molar-refractivity contribution in [1.82, 2.24) is 0 Å². The van der Waals surface area contributed by atoms with E-state index in [-0.39, 0.29) is 11.2 Å². The van der Waals surface area contributed by atoms with Gasteiger partial charge in [0.2, 0.25) is 0 Å². The number of rotatable bonds is 2. The van der Waals surface area contributed by atoms with Crippen molar-refractivity contribution in [3.63, 3.8) is 0 Å². The Labute approximate surface area is 99.5 Å². The molecule has 3 saturated carbocycles. The van der Waals surface area contributed by atoms with Crippen LogP contribution >= 0.6 is 0 Å². The lowest BCUT2D eigenvalue weighted by molar-refractivity contribution is -0.0927. The first-order chi connectivity index (χ1) is 7.36. The predicted octanol–water partition coefficient (Wildman–Crippen LogP) is 2.92. The van der Waals surface area contributed by atoms with Crippen LogP contribution in [-0.2, 0) is 4.43 Å². The van der Waals surface area contributed by atoms with E-state index in [9.17, 15) is 5.11 Å². The van der Waals surface area contributed by atoms with Crippen LogP contribution in [0.3, 0.4) is 0 Å². The van der Waals surface area contributed by atoms with Crippen LogP contribution in [0.1, 0.15) is 38.5 Å². The number of aliphatic hydroxyl groups is 1. The topological polar surface area (TPSA) is 29.5 Å². The third-order valence-electron chi connectivity index (χ3n) is 5.01. The van der Waals surface area contributed by atoms with Gasteiger partial charge in [-0.2, -0.15) is 0 Å². The van der Waals surface area contributed by atoms with Crippen LogP contribution in [0.4, 0.5) is 0 Å². The largest absolute Gasteiger partial charge is 0.411 e. The van der Waals surface area contributed by atoms with Crippen LogP contribution in [0.25, 0.3) is 0 Å². The van der Waals surface area contributed by atoms with Gasteiger partial charge in [0.25, 0.3) is 0 Å². The monoisotopic (exact) mass is 240 g/mol. The molecule has 0 aromatic heterocycles. The second-order valence-corrected chi connectivity index (χ2v) is 11.6. The highest BCUT2D eigenvalue weighted by atomic mass is 28.4. The van der Waals surface area contributed by atoms with Crippen LogP contribution in [0.5, 0.6) is 0 Å². The maximum absolute atomic E-state index is 10.7. The van der Waals surface area contributed by atoms with E-state index in [1.165, 1.54) is 19.3 Å². The molecule has 0 radical (unpaired) electrons. The Morgan fingerprint density at radius 3 is 2.62 bits per heavy atom. The SMILES string of the molecule is C[Si](C)(C)O[C@]12CCC[C@]3(O)C[C@H]1CC[C@@H]32. The molecule has 0 aromatic carbocycles. The Hall–Kier alpha value is 0.137. The summed E-state index contributed by atoms with van der Waals surface area (Å²) in [5, 5.41) is 10.7. The molecule has 0 aromatic rings. The van der Waals surface area contributed by atoms with E-state index in [0.717, 1.165) is 19.3 Å².